The quantitative estimate of drug-likeness (QED) is 0.651. The second-order valence-electron chi connectivity index (χ2n) is 4.05. The highest BCUT2D eigenvalue weighted by Gasteiger charge is 2.11. The molecule has 0 radical (unpaired) electrons. The maximum atomic E-state index is 11.7. The average Bonchev–Trinajstić information content (AvgIpc) is 2.46. The molecule has 0 spiro atoms. The third kappa shape index (κ3) is 3.24. The molecule has 0 aliphatic heterocycles. The predicted molar refractivity (Wildman–Crippen MR) is 71.0 cm³/mol. The van der Waals surface area contributed by atoms with Gasteiger partial charge in [0.2, 0.25) is 0 Å². The molecular weight excluding hydrogens is 280 g/mol. The highest BCUT2D eigenvalue weighted by atomic mass is 16.7. The highest BCUT2D eigenvalue weighted by Crippen LogP contribution is 2.11. The number of carboxylic acids is 1. The number of pyridine rings is 1. The van der Waals surface area contributed by atoms with Crippen molar-refractivity contribution >= 4 is 11.7 Å². The summed E-state index contributed by atoms with van der Waals surface area (Å²) in [6.07, 6.45) is 1.29. The van der Waals surface area contributed by atoms with E-state index < -0.39 is 22.0 Å². The van der Waals surface area contributed by atoms with Gasteiger partial charge in [0.1, 0.15) is 12.2 Å². The number of nitro groups is 1. The first-order valence-corrected chi connectivity index (χ1v) is 5.80. The van der Waals surface area contributed by atoms with Gasteiger partial charge in [-0.1, -0.05) is 0 Å². The van der Waals surface area contributed by atoms with E-state index in [1.807, 2.05) is 0 Å². The smallest absolute Gasteiger partial charge is 0.341 e. The van der Waals surface area contributed by atoms with Gasteiger partial charge in [0.05, 0.1) is 4.92 Å². The van der Waals surface area contributed by atoms with Crippen molar-refractivity contribution in [3.05, 3.63) is 74.2 Å². The number of hydrogen-bond donors (Lipinski definition) is 1. The molecule has 0 unspecified atom stereocenters. The largest absolute Gasteiger partial charge is 0.477 e. The van der Waals surface area contributed by atoms with E-state index in [-0.39, 0.29) is 12.3 Å². The molecule has 2 aromatic rings. The van der Waals surface area contributed by atoms with E-state index >= 15 is 0 Å². The van der Waals surface area contributed by atoms with E-state index in [0.29, 0.717) is 5.56 Å². The molecule has 2 rings (SSSR count). The van der Waals surface area contributed by atoms with Crippen LogP contribution in [0.5, 0.6) is 0 Å². The summed E-state index contributed by atoms with van der Waals surface area (Å²) in [6, 6.07) is 8.16. The molecule has 0 saturated carbocycles. The molecular formula is C13H10N2O6. The van der Waals surface area contributed by atoms with Gasteiger partial charge in [-0.25, -0.2) is 4.79 Å². The molecule has 1 N–H and O–H groups in total. The third-order valence-electron chi connectivity index (χ3n) is 2.66. The summed E-state index contributed by atoms with van der Waals surface area (Å²) in [5.41, 5.74) is -0.634. The van der Waals surface area contributed by atoms with Crippen molar-refractivity contribution in [1.82, 2.24) is 4.73 Å². The molecule has 1 aromatic carbocycles. The fourth-order valence-electron chi connectivity index (χ4n) is 1.60. The number of hydrogen-bond acceptors (Lipinski definition) is 5. The van der Waals surface area contributed by atoms with E-state index in [1.165, 1.54) is 42.6 Å². The molecule has 0 fully saturated rings. The summed E-state index contributed by atoms with van der Waals surface area (Å²) in [7, 11) is 0. The van der Waals surface area contributed by atoms with Gasteiger partial charge in [0, 0.05) is 18.3 Å². The lowest BCUT2D eigenvalue weighted by Crippen LogP contribution is -2.30. The number of nitrogens with zero attached hydrogens (tertiary/aromatic N) is 2. The summed E-state index contributed by atoms with van der Waals surface area (Å²) in [5, 5.41) is 19.3. The Morgan fingerprint density at radius 1 is 1.29 bits per heavy atom. The molecule has 0 saturated heterocycles. The van der Waals surface area contributed by atoms with E-state index in [0.717, 1.165) is 4.73 Å². The topological polar surface area (TPSA) is 112 Å². The minimum Gasteiger partial charge on any atom is -0.477 e. The first kappa shape index (κ1) is 14.3. The minimum absolute atomic E-state index is 0.0268. The Morgan fingerprint density at radius 2 is 1.95 bits per heavy atom. The lowest BCUT2D eigenvalue weighted by atomic mass is 10.2. The van der Waals surface area contributed by atoms with Crippen molar-refractivity contribution in [3.63, 3.8) is 0 Å². The number of nitro benzene ring substituents is 1. The van der Waals surface area contributed by atoms with Gasteiger partial charge < -0.3 is 9.94 Å². The Labute approximate surface area is 117 Å². The SMILES string of the molecule is O=C(O)c1cccn(OCc2ccc([N+](=O)[O-])cc2)c1=O. The molecule has 21 heavy (non-hydrogen) atoms. The number of carboxylic acid groups (broad SMARTS) is 1. The molecule has 0 bridgehead atoms. The van der Waals surface area contributed by atoms with Crippen LogP contribution in [-0.2, 0) is 6.61 Å². The van der Waals surface area contributed by atoms with Crippen LogP contribution in [0.2, 0.25) is 0 Å². The van der Waals surface area contributed by atoms with Crippen LogP contribution in [0.1, 0.15) is 15.9 Å². The second-order valence-corrected chi connectivity index (χ2v) is 4.05. The maximum absolute atomic E-state index is 11.7. The zero-order valence-electron chi connectivity index (χ0n) is 10.6. The van der Waals surface area contributed by atoms with Gasteiger partial charge >= 0.3 is 5.97 Å². The zero-order chi connectivity index (χ0) is 15.4. The van der Waals surface area contributed by atoms with Crippen molar-refractivity contribution in [3.8, 4) is 0 Å². The number of non-ortho nitro benzene ring substituents is 1. The van der Waals surface area contributed by atoms with Crippen LogP contribution in [0.3, 0.4) is 0 Å². The van der Waals surface area contributed by atoms with Gasteiger partial charge in [-0.05, 0) is 29.8 Å². The Balaban J connectivity index is 2.13. The second kappa shape index (κ2) is 5.87. The first-order chi connectivity index (χ1) is 9.99. The van der Waals surface area contributed by atoms with Crippen LogP contribution in [-0.4, -0.2) is 20.7 Å². The van der Waals surface area contributed by atoms with Gasteiger partial charge in [0.25, 0.3) is 11.2 Å². The zero-order valence-corrected chi connectivity index (χ0v) is 10.6. The van der Waals surface area contributed by atoms with E-state index in [4.69, 9.17) is 9.94 Å². The van der Waals surface area contributed by atoms with Gasteiger partial charge in [0.15, 0.2) is 0 Å². The van der Waals surface area contributed by atoms with E-state index in [9.17, 15) is 19.7 Å². The van der Waals surface area contributed by atoms with Crippen molar-refractivity contribution < 1.29 is 19.7 Å². The van der Waals surface area contributed by atoms with Gasteiger partial charge in [-0.15, -0.1) is 0 Å². The van der Waals surface area contributed by atoms with Crippen LogP contribution in [0.4, 0.5) is 5.69 Å². The molecule has 1 heterocycles. The summed E-state index contributed by atoms with van der Waals surface area (Å²) in [5.74, 6) is -1.34. The standard InChI is InChI=1S/C13H10N2O6/c16-12-11(13(17)18)2-1-7-14(12)21-8-9-3-5-10(6-4-9)15(19)20/h1-7H,8H2,(H,17,18). The Morgan fingerprint density at radius 3 is 2.52 bits per heavy atom. The molecule has 1 aromatic heterocycles. The fourth-order valence-corrected chi connectivity index (χ4v) is 1.60. The van der Waals surface area contributed by atoms with Gasteiger partial charge in [-0.2, -0.15) is 4.73 Å². The van der Waals surface area contributed by atoms with E-state index in [2.05, 4.69) is 0 Å². The molecule has 0 atom stereocenters. The molecule has 8 nitrogen and oxygen atoms in total. The van der Waals surface area contributed by atoms with Crippen LogP contribution >= 0.6 is 0 Å². The van der Waals surface area contributed by atoms with Crippen molar-refractivity contribution in [2.75, 3.05) is 0 Å². The summed E-state index contributed by atoms with van der Waals surface area (Å²) >= 11 is 0. The average molecular weight is 290 g/mol. The molecule has 8 heteroatoms. The Kier molecular flexibility index (Phi) is 3.98. The van der Waals surface area contributed by atoms with E-state index in [1.54, 1.807) is 0 Å². The van der Waals surface area contributed by atoms with Crippen molar-refractivity contribution in [2.24, 2.45) is 0 Å². The normalized spacial score (nSPS) is 10.1. The third-order valence-corrected chi connectivity index (χ3v) is 2.66. The van der Waals surface area contributed by atoms with Gasteiger partial charge in [-0.3, -0.25) is 14.9 Å². The Bertz CT molecular complexity index is 735. The van der Waals surface area contributed by atoms with Crippen molar-refractivity contribution in [1.29, 1.82) is 0 Å². The monoisotopic (exact) mass is 290 g/mol. The maximum Gasteiger partial charge on any atom is 0.341 e. The van der Waals surface area contributed by atoms with Crippen LogP contribution < -0.4 is 10.4 Å². The van der Waals surface area contributed by atoms with Crippen molar-refractivity contribution in [2.45, 2.75) is 6.61 Å². The Hall–Kier alpha value is -3.16. The summed E-state index contributed by atoms with van der Waals surface area (Å²) < 4.78 is 0.810. The lowest BCUT2D eigenvalue weighted by Gasteiger charge is -2.08. The summed E-state index contributed by atoms with van der Waals surface area (Å²) in [4.78, 5) is 37.7. The number of rotatable bonds is 5. The first-order valence-electron chi connectivity index (χ1n) is 5.80. The highest BCUT2D eigenvalue weighted by molar-refractivity contribution is 5.86. The van der Waals surface area contributed by atoms with Crippen LogP contribution in [0.25, 0.3) is 0 Å². The van der Waals surface area contributed by atoms with Crippen LogP contribution in [0.15, 0.2) is 47.4 Å². The minimum atomic E-state index is -1.34. The molecule has 108 valence electrons. The molecule has 0 amide bonds. The number of aromatic nitrogens is 1. The molecule has 0 aliphatic rings. The summed E-state index contributed by atoms with van der Waals surface area (Å²) in [6.45, 7) is -0.0268. The number of benzene rings is 1. The lowest BCUT2D eigenvalue weighted by molar-refractivity contribution is -0.384. The predicted octanol–water partition coefficient (Wildman–Crippen LogP) is 1.08. The number of carbonyl (C=O) groups is 1. The fraction of sp³-hybridized carbons (Fsp3) is 0.0769. The molecule has 0 aliphatic carbocycles. The number of aromatic carboxylic acids is 1. The van der Waals surface area contributed by atoms with Crippen LogP contribution in [0, 0.1) is 10.1 Å².